The van der Waals surface area contributed by atoms with Crippen molar-refractivity contribution in [2.24, 2.45) is 0 Å². The van der Waals surface area contributed by atoms with Crippen LogP contribution in [0.15, 0.2) is 12.5 Å². The van der Waals surface area contributed by atoms with Crippen LogP contribution in [0.4, 0.5) is 8.78 Å². The largest absolute Gasteiger partial charge is 0.348 e. The first-order valence-electron chi connectivity index (χ1n) is 4.12. The highest BCUT2D eigenvalue weighted by atomic mass is 19.3. The molecule has 14 heavy (non-hydrogen) atoms. The molecule has 1 atom stereocenters. The Morgan fingerprint density at radius 3 is 2.86 bits per heavy atom. The van der Waals surface area contributed by atoms with Crippen LogP contribution in [0.3, 0.4) is 0 Å². The van der Waals surface area contributed by atoms with Gasteiger partial charge in [-0.15, -0.1) is 0 Å². The van der Waals surface area contributed by atoms with Crippen LogP contribution >= 0.6 is 0 Å². The summed E-state index contributed by atoms with van der Waals surface area (Å²) in [5.74, 6) is -0.463. The summed E-state index contributed by atoms with van der Waals surface area (Å²) < 4.78 is 24.8. The van der Waals surface area contributed by atoms with Crippen LogP contribution in [0.1, 0.15) is 12.6 Å². The lowest BCUT2D eigenvalue weighted by Crippen LogP contribution is -2.40. The van der Waals surface area contributed by atoms with Crippen LogP contribution in [-0.2, 0) is 11.2 Å². The molecule has 0 aliphatic heterocycles. The maximum atomic E-state index is 12.4. The third-order valence-corrected chi connectivity index (χ3v) is 1.69. The van der Waals surface area contributed by atoms with Gasteiger partial charge in [0.25, 0.3) is 6.43 Å². The zero-order valence-corrected chi connectivity index (χ0v) is 7.63. The van der Waals surface area contributed by atoms with Crippen molar-refractivity contribution in [3.05, 3.63) is 18.2 Å². The van der Waals surface area contributed by atoms with Gasteiger partial charge in [0.2, 0.25) is 5.91 Å². The number of nitrogens with zero attached hydrogens (tertiary/aromatic N) is 1. The number of H-pyrrole nitrogens is 1. The Morgan fingerprint density at radius 2 is 2.43 bits per heavy atom. The summed E-state index contributed by atoms with van der Waals surface area (Å²) in [6.45, 7) is 1.21. The van der Waals surface area contributed by atoms with Gasteiger partial charge in [0.15, 0.2) is 0 Å². The molecule has 78 valence electrons. The molecule has 2 N–H and O–H groups in total. The Bertz CT molecular complexity index is 287. The van der Waals surface area contributed by atoms with Gasteiger partial charge in [-0.05, 0) is 0 Å². The fraction of sp³-hybridized carbons (Fsp3) is 0.500. The minimum Gasteiger partial charge on any atom is -0.348 e. The smallest absolute Gasteiger partial charge is 0.258 e. The molecule has 0 saturated carbocycles. The Kier molecular flexibility index (Phi) is 3.55. The molecule has 1 aromatic rings. The number of aromatic nitrogens is 2. The van der Waals surface area contributed by atoms with Crippen LogP contribution in [0, 0.1) is 0 Å². The fourth-order valence-electron chi connectivity index (χ4n) is 1.10. The Balaban J connectivity index is 2.56. The van der Waals surface area contributed by atoms with Gasteiger partial charge in [-0.1, -0.05) is 0 Å². The molecule has 1 amide bonds. The molecule has 1 aromatic heterocycles. The molecule has 0 radical (unpaired) electrons. The lowest BCUT2D eigenvalue weighted by Gasteiger charge is -2.15. The van der Waals surface area contributed by atoms with E-state index in [2.05, 4.69) is 15.3 Å². The number of rotatable bonds is 4. The van der Waals surface area contributed by atoms with Crippen molar-refractivity contribution in [1.29, 1.82) is 0 Å². The lowest BCUT2D eigenvalue weighted by molar-refractivity contribution is -0.120. The van der Waals surface area contributed by atoms with Crippen molar-refractivity contribution < 1.29 is 13.6 Å². The first-order chi connectivity index (χ1) is 6.59. The first kappa shape index (κ1) is 10.6. The third-order valence-electron chi connectivity index (χ3n) is 1.69. The summed E-state index contributed by atoms with van der Waals surface area (Å²) in [4.78, 5) is 17.0. The number of nitrogens with one attached hydrogen (secondary N) is 2. The van der Waals surface area contributed by atoms with Gasteiger partial charge in [-0.3, -0.25) is 4.79 Å². The van der Waals surface area contributed by atoms with E-state index in [9.17, 15) is 13.6 Å². The summed E-state index contributed by atoms with van der Waals surface area (Å²) in [6, 6.07) is -1.16. The predicted molar refractivity (Wildman–Crippen MR) is 45.9 cm³/mol. The van der Waals surface area contributed by atoms with E-state index < -0.39 is 18.4 Å². The third kappa shape index (κ3) is 3.12. The number of halogens is 2. The number of aromatic amines is 1. The van der Waals surface area contributed by atoms with E-state index in [1.165, 1.54) is 19.4 Å². The molecule has 0 fully saturated rings. The van der Waals surface area contributed by atoms with Crippen molar-refractivity contribution in [2.45, 2.75) is 25.8 Å². The highest BCUT2D eigenvalue weighted by Crippen LogP contribution is 2.07. The molecular weight excluding hydrogens is 192 g/mol. The minimum atomic E-state index is -2.58. The zero-order chi connectivity index (χ0) is 10.6. The normalized spacial score (nSPS) is 12.9. The number of hydrogen-bond acceptors (Lipinski definition) is 2. The highest BCUT2D eigenvalue weighted by molar-refractivity contribution is 5.73. The average molecular weight is 203 g/mol. The SMILES string of the molecule is CC(=O)NC(Cc1cnc[nH]1)C(F)F. The molecule has 1 heterocycles. The van der Waals surface area contributed by atoms with Crippen molar-refractivity contribution >= 4 is 5.91 Å². The second kappa shape index (κ2) is 4.69. The van der Waals surface area contributed by atoms with Crippen LogP contribution < -0.4 is 5.32 Å². The van der Waals surface area contributed by atoms with E-state index in [0.717, 1.165) is 0 Å². The van der Waals surface area contributed by atoms with Gasteiger partial charge in [0.1, 0.15) is 0 Å². The summed E-state index contributed by atoms with van der Waals surface area (Å²) in [7, 11) is 0. The molecule has 0 aromatic carbocycles. The van der Waals surface area contributed by atoms with E-state index in [4.69, 9.17) is 0 Å². The van der Waals surface area contributed by atoms with Crippen LogP contribution in [-0.4, -0.2) is 28.3 Å². The highest BCUT2D eigenvalue weighted by Gasteiger charge is 2.21. The Labute approximate surface area is 79.7 Å². The van der Waals surface area contributed by atoms with E-state index in [1.54, 1.807) is 0 Å². The number of carbonyl (C=O) groups is 1. The minimum absolute atomic E-state index is 0.0528. The first-order valence-corrected chi connectivity index (χ1v) is 4.12. The fourth-order valence-corrected chi connectivity index (χ4v) is 1.10. The number of carbonyl (C=O) groups excluding carboxylic acids is 1. The predicted octanol–water partition coefficient (Wildman–Crippen LogP) is 0.722. The van der Waals surface area contributed by atoms with Gasteiger partial charge in [-0.25, -0.2) is 13.8 Å². The molecule has 0 aliphatic carbocycles. The summed E-state index contributed by atoms with van der Waals surface area (Å²) in [6.07, 6.45) is 0.335. The topological polar surface area (TPSA) is 57.8 Å². The maximum Gasteiger partial charge on any atom is 0.258 e. The number of imidazole rings is 1. The second-order valence-electron chi connectivity index (χ2n) is 2.92. The second-order valence-corrected chi connectivity index (χ2v) is 2.92. The summed E-state index contributed by atoms with van der Waals surface area (Å²) >= 11 is 0. The van der Waals surface area contributed by atoms with Gasteiger partial charge in [0, 0.05) is 25.2 Å². The average Bonchev–Trinajstić information content (AvgIpc) is 2.54. The number of amides is 1. The molecule has 1 rings (SSSR count). The molecule has 0 spiro atoms. The molecule has 0 aliphatic rings. The van der Waals surface area contributed by atoms with E-state index in [-0.39, 0.29) is 6.42 Å². The number of alkyl halides is 2. The lowest BCUT2D eigenvalue weighted by atomic mass is 10.2. The van der Waals surface area contributed by atoms with Gasteiger partial charge in [0.05, 0.1) is 12.4 Å². The Hall–Kier alpha value is -1.46. The molecule has 0 bridgehead atoms. The van der Waals surface area contributed by atoms with E-state index >= 15 is 0 Å². The Morgan fingerprint density at radius 1 is 1.71 bits per heavy atom. The maximum absolute atomic E-state index is 12.4. The monoisotopic (exact) mass is 203 g/mol. The van der Waals surface area contributed by atoms with Crippen molar-refractivity contribution in [1.82, 2.24) is 15.3 Å². The molecule has 4 nitrogen and oxygen atoms in total. The standard InChI is InChI=1S/C8H11F2N3O/c1-5(14)13-7(8(9)10)2-6-3-11-4-12-6/h3-4,7-8H,2H2,1H3,(H,11,12)(H,13,14). The van der Waals surface area contributed by atoms with Crippen molar-refractivity contribution in [3.63, 3.8) is 0 Å². The van der Waals surface area contributed by atoms with Gasteiger partial charge in [-0.2, -0.15) is 0 Å². The summed E-state index contributed by atoms with van der Waals surface area (Å²) in [5, 5.41) is 2.18. The van der Waals surface area contributed by atoms with Crippen LogP contribution in [0.2, 0.25) is 0 Å². The van der Waals surface area contributed by atoms with Crippen molar-refractivity contribution in [2.75, 3.05) is 0 Å². The molecule has 0 saturated heterocycles. The van der Waals surface area contributed by atoms with Crippen LogP contribution in [0.5, 0.6) is 0 Å². The zero-order valence-electron chi connectivity index (χ0n) is 7.63. The number of hydrogen-bond donors (Lipinski definition) is 2. The summed E-state index contributed by atoms with van der Waals surface area (Å²) in [5.41, 5.74) is 0.573. The van der Waals surface area contributed by atoms with Crippen LogP contribution in [0.25, 0.3) is 0 Å². The molecular formula is C8H11F2N3O. The van der Waals surface area contributed by atoms with E-state index in [1.807, 2.05) is 0 Å². The quantitative estimate of drug-likeness (QED) is 0.757. The van der Waals surface area contributed by atoms with Gasteiger partial charge >= 0.3 is 0 Å². The van der Waals surface area contributed by atoms with E-state index in [0.29, 0.717) is 5.69 Å². The molecule has 6 heteroatoms. The van der Waals surface area contributed by atoms with Crippen molar-refractivity contribution in [3.8, 4) is 0 Å². The van der Waals surface area contributed by atoms with Gasteiger partial charge < -0.3 is 10.3 Å². The molecule has 1 unspecified atom stereocenters.